The summed E-state index contributed by atoms with van der Waals surface area (Å²) in [6, 6.07) is 6.76. The van der Waals surface area contributed by atoms with Crippen molar-refractivity contribution < 1.29 is 9.53 Å². The Morgan fingerprint density at radius 3 is 2.89 bits per heavy atom. The maximum Gasteiger partial charge on any atom is 0.325 e. The number of urea groups is 1. The van der Waals surface area contributed by atoms with E-state index in [2.05, 4.69) is 20.8 Å². The maximum atomic E-state index is 11.8. The van der Waals surface area contributed by atoms with Crippen molar-refractivity contribution in [3.63, 3.8) is 0 Å². The molecule has 100 valence electrons. The van der Waals surface area contributed by atoms with Crippen LogP contribution < -0.4 is 15.4 Å². The van der Waals surface area contributed by atoms with Gasteiger partial charge in [-0.3, -0.25) is 5.32 Å². The van der Waals surface area contributed by atoms with E-state index in [1.54, 1.807) is 31.4 Å². The topological polar surface area (TPSA) is 76.1 Å². The second kappa shape index (κ2) is 6.14. The molecule has 0 saturated carbocycles. The average molecular weight is 278 g/mol. The first-order valence-electron chi connectivity index (χ1n) is 5.75. The van der Waals surface area contributed by atoms with Crippen LogP contribution >= 0.6 is 11.3 Å². The number of amides is 2. The van der Waals surface area contributed by atoms with Gasteiger partial charge in [0.15, 0.2) is 0 Å². The van der Waals surface area contributed by atoms with E-state index in [0.717, 1.165) is 11.4 Å². The predicted octanol–water partition coefficient (Wildman–Crippen LogP) is 2.75. The van der Waals surface area contributed by atoms with Crippen molar-refractivity contribution in [3.8, 4) is 5.75 Å². The molecule has 0 atom stereocenters. The van der Waals surface area contributed by atoms with Crippen molar-refractivity contribution in [3.05, 3.63) is 29.3 Å². The second-order valence-corrected chi connectivity index (χ2v) is 4.73. The lowest BCUT2D eigenvalue weighted by Gasteiger charge is -2.06. The van der Waals surface area contributed by atoms with Crippen LogP contribution in [0.25, 0.3) is 0 Å². The Balaban J connectivity index is 1.96. The Kier molecular flexibility index (Phi) is 4.30. The molecule has 2 aromatic rings. The third-order valence-electron chi connectivity index (χ3n) is 2.32. The number of anilines is 2. The molecule has 0 aliphatic heterocycles. The van der Waals surface area contributed by atoms with E-state index in [4.69, 9.17) is 4.74 Å². The molecular weight excluding hydrogens is 264 g/mol. The molecule has 2 rings (SSSR count). The van der Waals surface area contributed by atoms with Gasteiger partial charge in [0.25, 0.3) is 0 Å². The zero-order chi connectivity index (χ0) is 13.7. The summed E-state index contributed by atoms with van der Waals surface area (Å²) in [6.45, 7) is 1.99. The van der Waals surface area contributed by atoms with Crippen molar-refractivity contribution in [1.29, 1.82) is 0 Å². The summed E-state index contributed by atoms with van der Waals surface area (Å²) >= 11 is 1.36. The van der Waals surface area contributed by atoms with Gasteiger partial charge < -0.3 is 10.1 Å². The number of carbonyl (C=O) groups excluding carboxylic acids is 1. The molecule has 0 spiro atoms. The molecule has 1 heterocycles. The minimum absolute atomic E-state index is 0.355. The Morgan fingerprint density at radius 2 is 2.21 bits per heavy atom. The molecule has 7 heteroatoms. The third-order valence-corrected chi connectivity index (χ3v) is 3.30. The van der Waals surface area contributed by atoms with Crippen LogP contribution in [0.2, 0.25) is 0 Å². The number of hydrogen-bond acceptors (Lipinski definition) is 5. The summed E-state index contributed by atoms with van der Waals surface area (Å²) in [5.74, 6) is 0.682. The van der Waals surface area contributed by atoms with Crippen LogP contribution in [0.5, 0.6) is 5.75 Å². The van der Waals surface area contributed by atoms with E-state index in [-0.39, 0.29) is 6.03 Å². The van der Waals surface area contributed by atoms with Gasteiger partial charge in [-0.1, -0.05) is 24.3 Å². The smallest absolute Gasteiger partial charge is 0.325 e. The molecule has 0 unspecified atom stereocenters. The molecule has 0 radical (unpaired) electrons. The van der Waals surface area contributed by atoms with Gasteiger partial charge in [0.1, 0.15) is 10.8 Å². The van der Waals surface area contributed by atoms with E-state index >= 15 is 0 Å². The van der Waals surface area contributed by atoms with Crippen molar-refractivity contribution >= 4 is 28.2 Å². The monoisotopic (exact) mass is 278 g/mol. The highest BCUT2D eigenvalue weighted by Crippen LogP contribution is 2.18. The van der Waals surface area contributed by atoms with Gasteiger partial charge in [-0.05, 0) is 18.6 Å². The summed E-state index contributed by atoms with van der Waals surface area (Å²) in [7, 11) is 1.58. The van der Waals surface area contributed by atoms with Crippen LogP contribution in [0.1, 0.15) is 11.9 Å². The highest BCUT2D eigenvalue weighted by atomic mass is 32.1. The van der Waals surface area contributed by atoms with Crippen LogP contribution in [-0.4, -0.2) is 23.3 Å². The molecule has 1 aromatic heterocycles. The standard InChI is InChI=1S/C12H14N4O2S/c1-3-10-15-16-12(19-10)14-11(17)13-8-5-4-6-9(7-8)18-2/h4-7H,3H2,1-2H3,(H2,13,14,16,17). The first kappa shape index (κ1) is 13.3. The van der Waals surface area contributed by atoms with Crippen molar-refractivity contribution in [2.45, 2.75) is 13.3 Å². The fraction of sp³-hybridized carbons (Fsp3) is 0.250. The van der Waals surface area contributed by atoms with Gasteiger partial charge >= 0.3 is 6.03 Å². The number of carbonyl (C=O) groups is 1. The van der Waals surface area contributed by atoms with Crippen LogP contribution in [0.3, 0.4) is 0 Å². The minimum atomic E-state index is -0.355. The Morgan fingerprint density at radius 1 is 1.37 bits per heavy atom. The molecule has 0 saturated heterocycles. The molecule has 2 N–H and O–H groups in total. The largest absolute Gasteiger partial charge is 0.497 e. The zero-order valence-corrected chi connectivity index (χ0v) is 11.5. The van der Waals surface area contributed by atoms with Crippen LogP contribution in [-0.2, 0) is 6.42 Å². The van der Waals surface area contributed by atoms with Gasteiger partial charge in [0, 0.05) is 11.8 Å². The molecular formula is C12H14N4O2S. The number of aromatic nitrogens is 2. The third kappa shape index (κ3) is 3.65. The van der Waals surface area contributed by atoms with Gasteiger partial charge in [-0.2, -0.15) is 0 Å². The molecule has 6 nitrogen and oxygen atoms in total. The van der Waals surface area contributed by atoms with Gasteiger partial charge in [0.05, 0.1) is 7.11 Å². The van der Waals surface area contributed by atoms with Crippen molar-refractivity contribution in [2.75, 3.05) is 17.7 Å². The number of rotatable bonds is 4. The molecule has 2 amide bonds. The van der Waals surface area contributed by atoms with Gasteiger partial charge in [-0.25, -0.2) is 4.79 Å². The van der Waals surface area contributed by atoms with E-state index in [0.29, 0.717) is 16.6 Å². The molecule has 0 aliphatic carbocycles. The number of aryl methyl sites for hydroxylation is 1. The molecule has 0 aliphatic rings. The lowest BCUT2D eigenvalue weighted by Crippen LogP contribution is -2.19. The van der Waals surface area contributed by atoms with E-state index in [1.165, 1.54) is 11.3 Å². The maximum absolute atomic E-state index is 11.8. The zero-order valence-electron chi connectivity index (χ0n) is 10.6. The summed E-state index contributed by atoms with van der Waals surface area (Å²) in [6.07, 6.45) is 0.802. The van der Waals surface area contributed by atoms with Crippen molar-refractivity contribution in [2.24, 2.45) is 0 Å². The van der Waals surface area contributed by atoms with E-state index in [9.17, 15) is 4.79 Å². The SMILES string of the molecule is CCc1nnc(NC(=O)Nc2cccc(OC)c2)s1. The molecule has 19 heavy (non-hydrogen) atoms. The number of methoxy groups -OCH3 is 1. The highest BCUT2D eigenvalue weighted by molar-refractivity contribution is 7.15. The second-order valence-electron chi connectivity index (χ2n) is 3.67. The van der Waals surface area contributed by atoms with E-state index < -0.39 is 0 Å². The number of nitrogens with zero attached hydrogens (tertiary/aromatic N) is 2. The summed E-state index contributed by atoms with van der Waals surface area (Å²) in [5.41, 5.74) is 0.650. The number of hydrogen-bond donors (Lipinski definition) is 2. The number of benzene rings is 1. The Bertz CT molecular complexity index is 570. The highest BCUT2D eigenvalue weighted by Gasteiger charge is 2.07. The number of ether oxygens (including phenoxy) is 1. The van der Waals surface area contributed by atoms with Crippen molar-refractivity contribution in [1.82, 2.24) is 10.2 Å². The lowest BCUT2D eigenvalue weighted by molar-refractivity contribution is 0.262. The number of nitrogens with one attached hydrogen (secondary N) is 2. The summed E-state index contributed by atoms with van der Waals surface area (Å²) in [4.78, 5) is 11.8. The first-order chi connectivity index (χ1) is 9.21. The minimum Gasteiger partial charge on any atom is -0.497 e. The molecule has 0 bridgehead atoms. The van der Waals surface area contributed by atoms with Crippen LogP contribution in [0.15, 0.2) is 24.3 Å². The Hall–Kier alpha value is -2.15. The van der Waals surface area contributed by atoms with Crippen LogP contribution in [0.4, 0.5) is 15.6 Å². The first-order valence-corrected chi connectivity index (χ1v) is 6.57. The Labute approximate surface area is 114 Å². The van der Waals surface area contributed by atoms with Gasteiger partial charge in [-0.15, -0.1) is 10.2 Å². The predicted molar refractivity (Wildman–Crippen MR) is 74.9 cm³/mol. The normalized spacial score (nSPS) is 10.0. The van der Waals surface area contributed by atoms with E-state index in [1.807, 2.05) is 6.92 Å². The average Bonchev–Trinajstić information content (AvgIpc) is 2.86. The fourth-order valence-corrected chi connectivity index (χ4v) is 2.08. The van der Waals surface area contributed by atoms with Crippen LogP contribution in [0, 0.1) is 0 Å². The van der Waals surface area contributed by atoms with Gasteiger partial charge in [0.2, 0.25) is 5.13 Å². The quantitative estimate of drug-likeness (QED) is 0.901. The summed E-state index contributed by atoms with van der Waals surface area (Å²) < 4.78 is 5.08. The molecule has 0 fully saturated rings. The molecule has 1 aromatic carbocycles. The fourth-order valence-electron chi connectivity index (χ4n) is 1.41. The summed E-state index contributed by atoms with van der Waals surface area (Å²) in [5, 5.41) is 14.5. The lowest BCUT2D eigenvalue weighted by atomic mass is 10.3.